The second-order valence-corrected chi connectivity index (χ2v) is 9.71. The Morgan fingerprint density at radius 2 is 1.95 bits per heavy atom. The van der Waals surface area contributed by atoms with E-state index in [9.17, 15) is 8.42 Å². The minimum absolute atomic E-state index is 0.516. The average molecular weight is 329 g/mol. The minimum atomic E-state index is -3.29. The second kappa shape index (κ2) is 5.99. The molecule has 4 nitrogen and oxygen atoms in total. The fraction of sp³-hybridized carbons (Fsp3) is 0.733. The number of sulfonamides is 1. The summed E-state index contributed by atoms with van der Waals surface area (Å²) in [6.45, 7) is 6.33. The molecule has 0 aromatic carbocycles. The number of nitrogens with zero attached hydrogens (tertiary/aromatic N) is 1. The molecule has 3 rings (SSSR count). The SMILES string of the molecule is Cc1cc(S(=O)(=O)N2CCC(C)CC2)sc1CNC1CC1. The molecule has 0 unspecified atom stereocenters. The van der Waals surface area contributed by atoms with Crippen LogP contribution in [0.25, 0.3) is 0 Å². The van der Waals surface area contributed by atoms with Crippen molar-refractivity contribution in [3.63, 3.8) is 0 Å². The van der Waals surface area contributed by atoms with Crippen LogP contribution in [0.15, 0.2) is 10.3 Å². The largest absolute Gasteiger partial charge is 0.309 e. The predicted octanol–water partition coefficient (Wildman–Crippen LogP) is 2.73. The van der Waals surface area contributed by atoms with E-state index in [0.717, 1.165) is 29.8 Å². The molecule has 1 aromatic rings. The minimum Gasteiger partial charge on any atom is -0.309 e. The maximum absolute atomic E-state index is 12.7. The summed E-state index contributed by atoms with van der Waals surface area (Å²) in [6.07, 6.45) is 4.45. The van der Waals surface area contributed by atoms with Crippen molar-refractivity contribution in [3.8, 4) is 0 Å². The summed E-state index contributed by atoms with van der Waals surface area (Å²) in [5, 5.41) is 3.47. The zero-order valence-corrected chi connectivity index (χ0v) is 14.4. The molecule has 1 aliphatic carbocycles. The lowest BCUT2D eigenvalue weighted by Gasteiger charge is -2.28. The summed E-state index contributed by atoms with van der Waals surface area (Å²) in [7, 11) is -3.29. The van der Waals surface area contributed by atoms with Gasteiger partial charge in [0.2, 0.25) is 0 Å². The van der Waals surface area contributed by atoms with Gasteiger partial charge >= 0.3 is 0 Å². The summed E-state index contributed by atoms with van der Waals surface area (Å²) in [5.74, 6) is 0.639. The highest BCUT2D eigenvalue weighted by molar-refractivity contribution is 7.91. The number of hydrogen-bond acceptors (Lipinski definition) is 4. The molecular weight excluding hydrogens is 304 g/mol. The van der Waals surface area contributed by atoms with Crippen LogP contribution in [0.2, 0.25) is 0 Å². The molecule has 0 atom stereocenters. The van der Waals surface area contributed by atoms with E-state index in [0.29, 0.717) is 29.3 Å². The maximum atomic E-state index is 12.7. The third-order valence-electron chi connectivity index (χ3n) is 4.46. The molecule has 0 radical (unpaired) electrons. The molecule has 1 saturated heterocycles. The van der Waals surface area contributed by atoms with E-state index in [1.807, 2.05) is 13.0 Å². The smallest absolute Gasteiger partial charge is 0.252 e. The molecule has 21 heavy (non-hydrogen) atoms. The van der Waals surface area contributed by atoms with E-state index in [4.69, 9.17) is 0 Å². The first kappa shape index (κ1) is 15.5. The zero-order valence-electron chi connectivity index (χ0n) is 12.8. The van der Waals surface area contributed by atoms with Gasteiger partial charge in [0.05, 0.1) is 0 Å². The molecule has 0 amide bonds. The van der Waals surface area contributed by atoms with Gasteiger partial charge < -0.3 is 5.32 Å². The van der Waals surface area contributed by atoms with Crippen LogP contribution in [-0.2, 0) is 16.6 Å². The molecule has 0 spiro atoms. The van der Waals surface area contributed by atoms with E-state index in [1.54, 1.807) is 4.31 Å². The van der Waals surface area contributed by atoms with Crippen molar-refractivity contribution >= 4 is 21.4 Å². The average Bonchev–Trinajstić information content (AvgIpc) is 3.19. The number of nitrogens with one attached hydrogen (secondary N) is 1. The Labute approximate surface area is 131 Å². The molecular formula is C15H24N2O2S2. The lowest BCUT2D eigenvalue weighted by Crippen LogP contribution is -2.37. The molecule has 0 bridgehead atoms. The van der Waals surface area contributed by atoms with Crippen LogP contribution < -0.4 is 5.32 Å². The van der Waals surface area contributed by atoms with Gasteiger partial charge in [-0.1, -0.05) is 6.92 Å². The molecule has 2 fully saturated rings. The summed E-state index contributed by atoms with van der Waals surface area (Å²) in [4.78, 5) is 1.16. The van der Waals surface area contributed by atoms with Gasteiger partial charge in [-0.3, -0.25) is 0 Å². The van der Waals surface area contributed by atoms with Crippen molar-refractivity contribution in [1.82, 2.24) is 9.62 Å². The van der Waals surface area contributed by atoms with Crippen molar-refractivity contribution in [2.75, 3.05) is 13.1 Å². The first-order chi connectivity index (χ1) is 9.96. The van der Waals surface area contributed by atoms with Gasteiger partial charge in [0, 0.05) is 30.6 Å². The fourth-order valence-electron chi connectivity index (χ4n) is 2.67. The molecule has 1 N–H and O–H groups in total. The highest BCUT2D eigenvalue weighted by Gasteiger charge is 2.30. The van der Waals surface area contributed by atoms with Gasteiger partial charge in [0.25, 0.3) is 10.0 Å². The fourth-order valence-corrected chi connectivity index (χ4v) is 5.83. The first-order valence-corrected chi connectivity index (χ1v) is 10.1. The summed E-state index contributed by atoms with van der Waals surface area (Å²) in [6, 6.07) is 2.50. The van der Waals surface area contributed by atoms with Crippen molar-refractivity contribution in [3.05, 3.63) is 16.5 Å². The molecule has 2 aliphatic rings. The predicted molar refractivity (Wildman–Crippen MR) is 86.1 cm³/mol. The molecule has 1 saturated carbocycles. The van der Waals surface area contributed by atoms with E-state index in [2.05, 4.69) is 12.2 Å². The van der Waals surface area contributed by atoms with Crippen LogP contribution in [0.5, 0.6) is 0 Å². The number of aryl methyl sites for hydroxylation is 1. The van der Waals surface area contributed by atoms with Crippen molar-refractivity contribution < 1.29 is 8.42 Å². The van der Waals surface area contributed by atoms with E-state index in [1.165, 1.54) is 24.2 Å². The summed E-state index contributed by atoms with van der Waals surface area (Å²) in [5.41, 5.74) is 1.09. The van der Waals surface area contributed by atoms with Gasteiger partial charge in [0.15, 0.2) is 0 Å². The van der Waals surface area contributed by atoms with E-state index < -0.39 is 10.0 Å². The van der Waals surface area contributed by atoms with Crippen molar-refractivity contribution in [2.24, 2.45) is 5.92 Å². The quantitative estimate of drug-likeness (QED) is 0.904. The Morgan fingerprint density at radius 3 is 2.57 bits per heavy atom. The number of piperidine rings is 1. The maximum Gasteiger partial charge on any atom is 0.252 e. The Bertz CT molecular complexity index is 597. The van der Waals surface area contributed by atoms with Gasteiger partial charge in [-0.15, -0.1) is 11.3 Å². The first-order valence-electron chi connectivity index (χ1n) is 7.79. The number of thiophene rings is 1. The highest BCUT2D eigenvalue weighted by Crippen LogP contribution is 2.31. The van der Waals surface area contributed by atoms with E-state index in [-0.39, 0.29) is 0 Å². The van der Waals surface area contributed by atoms with Gasteiger partial charge in [0.1, 0.15) is 4.21 Å². The van der Waals surface area contributed by atoms with Gasteiger partial charge in [-0.05, 0) is 50.2 Å². The molecule has 6 heteroatoms. The van der Waals surface area contributed by atoms with Crippen LogP contribution in [0.1, 0.15) is 43.0 Å². The molecule has 1 aliphatic heterocycles. The molecule has 118 valence electrons. The second-order valence-electron chi connectivity index (χ2n) is 6.41. The Kier molecular flexibility index (Phi) is 4.41. The third-order valence-corrected chi connectivity index (χ3v) is 8.05. The number of rotatable bonds is 5. The Morgan fingerprint density at radius 1 is 1.29 bits per heavy atom. The molecule has 2 heterocycles. The van der Waals surface area contributed by atoms with Crippen molar-refractivity contribution in [1.29, 1.82) is 0 Å². The summed E-state index contributed by atoms with van der Waals surface area (Å²) >= 11 is 1.44. The normalized spacial score (nSPS) is 21.8. The molecule has 1 aromatic heterocycles. The summed E-state index contributed by atoms with van der Waals surface area (Å²) < 4.78 is 27.6. The van der Waals surface area contributed by atoms with Crippen LogP contribution in [0, 0.1) is 12.8 Å². The zero-order chi connectivity index (χ0) is 15.0. The van der Waals surface area contributed by atoms with Crippen molar-refractivity contribution in [2.45, 2.75) is 56.3 Å². The Balaban J connectivity index is 1.73. The van der Waals surface area contributed by atoms with Gasteiger partial charge in [-0.25, -0.2) is 8.42 Å². The monoisotopic (exact) mass is 328 g/mol. The highest BCUT2D eigenvalue weighted by atomic mass is 32.2. The lowest BCUT2D eigenvalue weighted by atomic mass is 10.0. The van der Waals surface area contributed by atoms with Gasteiger partial charge in [-0.2, -0.15) is 4.31 Å². The Hall–Kier alpha value is -0.430. The third kappa shape index (κ3) is 3.50. The topological polar surface area (TPSA) is 49.4 Å². The van der Waals surface area contributed by atoms with Crippen LogP contribution in [-0.4, -0.2) is 31.9 Å². The van der Waals surface area contributed by atoms with Crippen LogP contribution in [0.4, 0.5) is 0 Å². The standard InChI is InChI=1S/C15H24N2O2S2/c1-11-5-7-17(8-6-11)21(18,19)15-9-12(2)14(20-15)10-16-13-3-4-13/h9,11,13,16H,3-8,10H2,1-2H3. The van der Waals surface area contributed by atoms with E-state index >= 15 is 0 Å². The lowest BCUT2D eigenvalue weighted by molar-refractivity contribution is 0.288. The van der Waals surface area contributed by atoms with Crippen LogP contribution in [0.3, 0.4) is 0 Å². The number of hydrogen-bond donors (Lipinski definition) is 1. The van der Waals surface area contributed by atoms with Crippen LogP contribution >= 0.6 is 11.3 Å².